The highest BCUT2D eigenvalue weighted by atomic mass is 16.5. The van der Waals surface area contributed by atoms with Crippen LogP contribution in [-0.2, 0) is 9.53 Å². The molecule has 23 heavy (non-hydrogen) atoms. The molecule has 1 aromatic heterocycles. The van der Waals surface area contributed by atoms with Crippen LogP contribution in [0.1, 0.15) is 62.0 Å². The van der Waals surface area contributed by atoms with Gasteiger partial charge >= 0.3 is 5.97 Å². The first-order valence-electron chi connectivity index (χ1n) is 8.49. The molecule has 0 spiro atoms. The number of amides is 1. The van der Waals surface area contributed by atoms with Crippen LogP contribution in [-0.4, -0.2) is 46.7 Å². The number of nitrogens with one attached hydrogen (secondary N) is 1. The van der Waals surface area contributed by atoms with Gasteiger partial charge in [0.2, 0.25) is 0 Å². The fraction of sp³-hybridized carbons (Fsp3) is 0.706. The topological polar surface area (TPSA) is 75.3 Å². The molecule has 6 heteroatoms. The highest BCUT2D eigenvalue weighted by Gasteiger charge is 2.50. The number of aromatic nitrogens is 2. The summed E-state index contributed by atoms with van der Waals surface area (Å²) in [5.41, 5.74) is 1.03. The normalized spacial score (nSPS) is 24.3. The molecule has 1 aliphatic heterocycles. The maximum atomic E-state index is 12.9. The molecule has 1 aromatic rings. The van der Waals surface area contributed by atoms with E-state index in [4.69, 9.17) is 4.74 Å². The van der Waals surface area contributed by atoms with Gasteiger partial charge in [0.1, 0.15) is 0 Å². The van der Waals surface area contributed by atoms with Crippen molar-refractivity contribution in [2.75, 3.05) is 19.7 Å². The molecule has 126 valence electrons. The van der Waals surface area contributed by atoms with Crippen molar-refractivity contribution in [2.45, 2.75) is 46.0 Å². The molecule has 1 saturated heterocycles. The Balaban J connectivity index is 1.78. The summed E-state index contributed by atoms with van der Waals surface area (Å²) in [7, 11) is 0. The number of carbonyl (C=O) groups excluding carboxylic acids is 2. The standard InChI is InChI=1S/C17H25N3O3/c1-4-23-16(22)17(11(2)3)7-8-20(10-17)15(21)13-9-18-19-14(13)12-5-6-12/h9,11-12H,4-8,10H2,1-3H3,(H,18,19)/t17-/m1/s1. The van der Waals surface area contributed by atoms with Gasteiger partial charge in [0.05, 0.1) is 29.5 Å². The first kappa shape index (κ1) is 16.0. The van der Waals surface area contributed by atoms with E-state index in [2.05, 4.69) is 10.2 Å². The van der Waals surface area contributed by atoms with Crippen LogP contribution in [0.5, 0.6) is 0 Å². The zero-order valence-corrected chi connectivity index (χ0v) is 14.1. The van der Waals surface area contributed by atoms with Crippen LogP contribution in [0.3, 0.4) is 0 Å². The average molecular weight is 319 g/mol. The molecular formula is C17H25N3O3. The molecule has 2 heterocycles. The molecule has 1 saturated carbocycles. The Kier molecular flexibility index (Phi) is 4.17. The van der Waals surface area contributed by atoms with Gasteiger partial charge in [-0.15, -0.1) is 0 Å². The zero-order chi connectivity index (χ0) is 16.6. The van der Waals surface area contributed by atoms with Crippen molar-refractivity contribution < 1.29 is 14.3 Å². The summed E-state index contributed by atoms with van der Waals surface area (Å²) >= 11 is 0. The zero-order valence-electron chi connectivity index (χ0n) is 14.1. The minimum absolute atomic E-state index is 0.0209. The summed E-state index contributed by atoms with van der Waals surface area (Å²) in [5.74, 6) is 0.373. The number of H-pyrrole nitrogens is 1. The van der Waals surface area contributed by atoms with Crippen LogP contribution in [0.4, 0.5) is 0 Å². The van der Waals surface area contributed by atoms with E-state index in [0.29, 0.717) is 37.6 Å². The third kappa shape index (κ3) is 2.75. The number of rotatable bonds is 5. The molecule has 2 aliphatic rings. The van der Waals surface area contributed by atoms with Crippen molar-refractivity contribution in [1.29, 1.82) is 0 Å². The fourth-order valence-corrected chi connectivity index (χ4v) is 3.48. The summed E-state index contributed by atoms with van der Waals surface area (Å²) in [6.45, 7) is 7.26. The Hall–Kier alpha value is -1.85. The Morgan fingerprint density at radius 1 is 1.48 bits per heavy atom. The maximum absolute atomic E-state index is 12.9. The Bertz CT molecular complexity index is 606. The van der Waals surface area contributed by atoms with Crippen molar-refractivity contribution in [1.82, 2.24) is 15.1 Å². The van der Waals surface area contributed by atoms with Crippen molar-refractivity contribution in [3.63, 3.8) is 0 Å². The van der Waals surface area contributed by atoms with Crippen molar-refractivity contribution in [3.05, 3.63) is 17.5 Å². The Labute approximate surface area is 136 Å². The van der Waals surface area contributed by atoms with Crippen LogP contribution in [0.25, 0.3) is 0 Å². The molecular weight excluding hydrogens is 294 g/mol. The van der Waals surface area contributed by atoms with Crippen molar-refractivity contribution >= 4 is 11.9 Å². The molecule has 2 fully saturated rings. The van der Waals surface area contributed by atoms with Crippen LogP contribution in [0, 0.1) is 11.3 Å². The molecule has 1 N–H and O–H groups in total. The highest BCUT2D eigenvalue weighted by molar-refractivity contribution is 5.96. The van der Waals surface area contributed by atoms with Gasteiger partial charge in [0, 0.05) is 19.0 Å². The number of hydrogen-bond acceptors (Lipinski definition) is 4. The van der Waals surface area contributed by atoms with Gasteiger partial charge in [-0.1, -0.05) is 13.8 Å². The second-order valence-electron chi connectivity index (χ2n) is 6.98. The maximum Gasteiger partial charge on any atom is 0.314 e. The summed E-state index contributed by atoms with van der Waals surface area (Å²) < 4.78 is 5.29. The average Bonchev–Trinajstić information content (AvgIpc) is 3.08. The van der Waals surface area contributed by atoms with Gasteiger partial charge in [-0.05, 0) is 32.1 Å². The van der Waals surface area contributed by atoms with Crippen molar-refractivity contribution in [2.24, 2.45) is 11.3 Å². The molecule has 1 atom stereocenters. The minimum atomic E-state index is -0.588. The first-order valence-corrected chi connectivity index (χ1v) is 8.49. The summed E-state index contributed by atoms with van der Waals surface area (Å²) in [6, 6.07) is 0. The lowest BCUT2D eigenvalue weighted by Gasteiger charge is -2.30. The molecule has 1 aliphatic carbocycles. The van der Waals surface area contributed by atoms with E-state index < -0.39 is 5.41 Å². The van der Waals surface area contributed by atoms with E-state index in [1.807, 2.05) is 20.8 Å². The summed E-state index contributed by atoms with van der Waals surface area (Å²) in [4.78, 5) is 27.1. The van der Waals surface area contributed by atoms with Gasteiger partial charge in [0.25, 0.3) is 5.91 Å². The van der Waals surface area contributed by atoms with E-state index in [-0.39, 0.29) is 17.8 Å². The molecule has 1 amide bonds. The van der Waals surface area contributed by atoms with Gasteiger partial charge in [-0.2, -0.15) is 5.10 Å². The predicted octanol–water partition coefficient (Wildman–Crippen LogP) is 2.34. The van der Waals surface area contributed by atoms with Gasteiger partial charge in [-0.3, -0.25) is 14.7 Å². The summed E-state index contributed by atoms with van der Waals surface area (Å²) in [6.07, 6.45) is 4.50. The number of aromatic amines is 1. The lowest BCUT2D eigenvalue weighted by Crippen LogP contribution is -2.42. The van der Waals surface area contributed by atoms with Crippen LogP contribution in [0.2, 0.25) is 0 Å². The smallest absolute Gasteiger partial charge is 0.314 e. The number of ether oxygens (including phenoxy) is 1. The predicted molar refractivity (Wildman–Crippen MR) is 85.0 cm³/mol. The van der Waals surface area contributed by atoms with E-state index in [9.17, 15) is 9.59 Å². The number of esters is 1. The number of nitrogens with zero attached hydrogens (tertiary/aromatic N) is 2. The molecule has 0 bridgehead atoms. The van der Waals surface area contributed by atoms with E-state index in [1.165, 1.54) is 0 Å². The highest BCUT2D eigenvalue weighted by Crippen LogP contribution is 2.42. The first-order chi connectivity index (χ1) is 11.0. The molecule has 0 unspecified atom stereocenters. The lowest BCUT2D eigenvalue weighted by atomic mass is 9.76. The quantitative estimate of drug-likeness (QED) is 0.845. The molecule has 0 radical (unpaired) electrons. The van der Waals surface area contributed by atoms with Gasteiger partial charge < -0.3 is 9.64 Å². The summed E-state index contributed by atoms with van der Waals surface area (Å²) in [5, 5.41) is 7.02. The second kappa shape index (κ2) is 5.98. The van der Waals surface area contributed by atoms with Crippen LogP contribution < -0.4 is 0 Å². The van der Waals surface area contributed by atoms with E-state index in [0.717, 1.165) is 18.5 Å². The number of carbonyl (C=O) groups is 2. The lowest BCUT2D eigenvalue weighted by molar-refractivity contribution is -0.157. The van der Waals surface area contributed by atoms with Crippen molar-refractivity contribution in [3.8, 4) is 0 Å². The third-order valence-corrected chi connectivity index (χ3v) is 5.26. The molecule has 3 rings (SSSR count). The molecule has 6 nitrogen and oxygen atoms in total. The van der Waals surface area contributed by atoms with Crippen LogP contribution in [0.15, 0.2) is 6.20 Å². The Morgan fingerprint density at radius 2 is 2.22 bits per heavy atom. The van der Waals surface area contributed by atoms with Gasteiger partial charge in [-0.25, -0.2) is 0 Å². The molecule has 0 aromatic carbocycles. The largest absolute Gasteiger partial charge is 0.466 e. The number of hydrogen-bond donors (Lipinski definition) is 1. The third-order valence-electron chi connectivity index (χ3n) is 5.26. The second-order valence-corrected chi connectivity index (χ2v) is 6.98. The number of likely N-dealkylation sites (tertiary alicyclic amines) is 1. The SMILES string of the molecule is CCOC(=O)[C@]1(C(C)C)CCN(C(=O)c2cn[nH]c2C2CC2)C1. The van der Waals surface area contributed by atoms with E-state index >= 15 is 0 Å². The van der Waals surface area contributed by atoms with E-state index in [1.54, 1.807) is 11.1 Å². The fourth-order valence-electron chi connectivity index (χ4n) is 3.48. The monoisotopic (exact) mass is 319 g/mol. The minimum Gasteiger partial charge on any atom is -0.466 e. The Morgan fingerprint density at radius 3 is 2.83 bits per heavy atom. The van der Waals surface area contributed by atoms with Gasteiger partial charge in [0.15, 0.2) is 0 Å². The van der Waals surface area contributed by atoms with Crippen LogP contribution >= 0.6 is 0 Å².